The normalized spacial score (nSPS) is 16.7. The van der Waals surface area contributed by atoms with Crippen LogP contribution in [-0.4, -0.2) is 32.3 Å². The predicted octanol–water partition coefficient (Wildman–Crippen LogP) is 4.36. The molecule has 1 saturated heterocycles. The molecule has 0 unspecified atom stereocenters. The Balaban J connectivity index is 1.55. The summed E-state index contributed by atoms with van der Waals surface area (Å²) in [6.45, 7) is 0.685. The Morgan fingerprint density at radius 3 is 2.88 bits per heavy atom. The van der Waals surface area contributed by atoms with E-state index < -0.39 is 0 Å². The minimum Gasteiger partial charge on any atom is -0.437 e. The molecule has 132 valence electrons. The van der Waals surface area contributed by atoms with Crippen LogP contribution < -0.4 is 4.74 Å². The number of hydrogen-bond donors (Lipinski definition) is 0. The number of aromatic nitrogens is 3. The maximum absolute atomic E-state index is 12.7. The topological polar surface area (TPSA) is 68.2 Å². The second-order valence-corrected chi connectivity index (χ2v) is 7.02. The molecule has 1 fully saturated rings. The molecule has 1 aromatic carbocycles. The minimum absolute atomic E-state index is 0.0698. The number of benzene rings is 1. The van der Waals surface area contributed by atoms with Gasteiger partial charge in [0, 0.05) is 16.9 Å². The Morgan fingerprint density at radius 2 is 2.12 bits per heavy atom. The van der Waals surface area contributed by atoms with E-state index >= 15 is 0 Å². The number of likely N-dealkylation sites (tertiary alicyclic amines) is 1. The number of ether oxygens (including phenoxy) is 1. The molecule has 4 rings (SSSR count). The zero-order valence-corrected chi connectivity index (χ0v) is 15.3. The predicted molar refractivity (Wildman–Crippen MR) is 98.7 cm³/mol. The van der Waals surface area contributed by atoms with E-state index in [9.17, 15) is 4.79 Å². The Labute approximate surface area is 159 Å². The number of carbonyl (C=O) groups is 1. The molecule has 0 saturated carbocycles. The quantitative estimate of drug-likeness (QED) is 0.666. The van der Waals surface area contributed by atoms with E-state index in [4.69, 9.17) is 16.3 Å². The molecule has 0 N–H and O–H groups in total. The lowest BCUT2D eigenvalue weighted by Crippen LogP contribution is -2.31. The third kappa shape index (κ3) is 3.54. The average Bonchev–Trinajstić information content (AvgIpc) is 3.35. The van der Waals surface area contributed by atoms with Crippen molar-refractivity contribution in [1.82, 2.24) is 19.9 Å². The van der Waals surface area contributed by atoms with Gasteiger partial charge in [0.2, 0.25) is 5.88 Å². The van der Waals surface area contributed by atoms with Gasteiger partial charge < -0.3 is 9.64 Å². The molecular weight excluding hydrogens is 372 g/mol. The zero-order chi connectivity index (χ0) is 17.9. The number of thiazole rings is 1. The molecule has 8 heteroatoms. The molecule has 0 aliphatic carbocycles. The van der Waals surface area contributed by atoms with Gasteiger partial charge >= 0.3 is 0 Å². The van der Waals surface area contributed by atoms with Crippen molar-refractivity contribution in [3.8, 4) is 11.6 Å². The largest absolute Gasteiger partial charge is 0.437 e. The van der Waals surface area contributed by atoms with Crippen molar-refractivity contribution < 1.29 is 9.53 Å². The Kier molecular flexibility index (Phi) is 4.81. The molecule has 26 heavy (non-hydrogen) atoms. The highest BCUT2D eigenvalue weighted by Gasteiger charge is 2.32. The third-order valence-electron chi connectivity index (χ3n) is 4.17. The van der Waals surface area contributed by atoms with Crippen LogP contribution in [0.15, 0.2) is 47.5 Å². The van der Waals surface area contributed by atoms with Crippen molar-refractivity contribution in [2.24, 2.45) is 0 Å². The first-order valence-corrected chi connectivity index (χ1v) is 9.47. The first kappa shape index (κ1) is 16.9. The standard InChI is InChI=1S/C18H15ClN4O2S/c19-12-3-5-13(6-4-12)25-17-9-20-8-14(22-17)16-2-1-7-23(16)18(24)15-10-26-11-21-15/h3-6,8-11,16H,1-2,7H2/t16-/m0/s1. The van der Waals surface area contributed by atoms with Crippen LogP contribution in [0.1, 0.15) is 35.1 Å². The van der Waals surface area contributed by atoms with Crippen LogP contribution in [0.5, 0.6) is 11.6 Å². The van der Waals surface area contributed by atoms with Gasteiger partial charge in [-0.2, -0.15) is 0 Å². The zero-order valence-electron chi connectivity index (χ0n) is 13.7. The molecule has 0 bridgehead atoms. The molecular formula is C18H15ClN4O2S. The van der Waals surface area contributed by atoms with E-state index in [2.05, 4.69) is 15.0 Å². The number of amides is 1. The van der Waals surface area contributed by atoms with Gasteiger partial charge in [0.1, 0.15) is 11.4 Å². The van der Waals surface area contributed by atoms with Gasteiger partial charge in [-0.3, -0.25) is 9.78 Å². The Morgan fingerprint density at radius 1 is 1.27 bits per heavy atom. The van der Waals surface area contributed by atoms with Crippen LogP contribution in [0.3, 0.4) is 0 Å². The smallest absolute Gasteiger partial charge is 0.273 e. The van der Waals surface area contributed by atoms with Crippen LogP contribution in [0.4, 0.5) is 0 Å². The summed E-state index contributed by atoms with van der Waals surface area (Å²) in [5.74, 6) is 0.944. The second-order valence-electron chi connectivity index (χ2n) is 5.87. The molecule has 1 atom stereocenters. The molecule has 3 heterocycles. The summed E-state index contributed by atoms with van der Waals surface area (Å²) in [5.41, 5.74) is 2.86. The lowest BCUT2D eigenvalue weighted by atomic mass is 10.1. The van der Waals surface area contributed by atoms with Gasteiger partial charge in [-0.15, -0.1) is 11.3 Å². The maximum Gasteiger partial charge on any atom is 0.273 e. The van der Waals surface area contributed by atoms with Crippen LogP contribution in [-0.2, 0) is 0 Å². The molecule has 1 aliphatic heterocycles. The summed E-state index contributed by atoms with van der Waals surface area (Å²) in [6.07, 6.45) is 5.01. The molecule has 2 aromatic heterocycles. The fraction of sp³-hybridized carbons (Fsp3) is 0.222. The Hall–Kier alpha value is -2.51. The van der Waals surface area contributed by atoms with Crippen molar-refractivity contribution in [3.63, 3.8) is 0 Å². The van der Waals surface area contributed by atoms with Gasteiger partial charge in [-0.05, 0) is 37.1 Å². The number of hydrogen-bond acceptors (Lipinski definition) is 6. The second kappa shape index (κ2) is 7.39. The van der Waals surface area contributed by atoms with Crippen LogP contribution in [0, 0.1) is 0 Å². The SMILES string of the molecule is O=C(c1cscn1)N1CCC[C@H]1c1cncc(Oc2ccc(Cl)cc2)n1. The highest BCUT2D eigenvalue weighted by molar-refractivity contribution is 7.07. The number of rotatable bonds is 4. The van der Waals surface area contributed by atoms with Gasteiger partial charge in [0.25, 0.3) is 5.91 Å². The van der Waals surface area contributed by atoms with Crippen molar-refractivity contribution >= 4 is 28.8 Å². The Bertz CT molecular complexity index is 902. The first-order valence-electron chi connectivity index (χ1n) is 8.15. The fourth-order valence-electron chi connectivity index (χ4n) is 2.98. The first-order chi connectivity index (χ1) is 12.7. The summed E-state index contributed by atoms with van der Waals surface area (Å²) in [6, 6.07) is 6.92. The molecule has 1 amide bonds. The van der Waals surface area contributed by atoms with Crippen molar-refractivity contribution in [2.45, 2.75) is 18.9 Å². The summed E-state index contributed by atoms with van der Waals surface area (Å²) in [4.78, 5) is 27.4. The summed E-state index contributed by atoms with van der Waals surface area (Å²) < 4.78 is 5.76. The van der Waals surface area contributed by atoms with Gasteiger partial charge in [0.15, 0.2) is 0 Å². The number of nitrogens with zero attached hydrogens (tertiary/aromatic N) is 4. The summed E-state index contributed by atoms with van der Waals surface area (Å²) in [7, 11) is 0. The van der Waals surface area contributed by atoms with E-state index in [1.165, 1.54) is 11.3 Å². The van der Waals surface area contributed by atoms with Gasteiger partial charge in [0.05, 0.1) is 29.6 Å². The van der Waals surface area contributed by atoms with E-state index in [0.717, 1.165) is 18.5 Å². The summed E-state index contributed by atoms with van der Waals surface area (Å²) >= 11 is 7.30. The van der Waals surface area contributed by atoms with E-state index in [0.29, 0.717) is 28.9 Å². The van der Waals surface area contributed by atoms with Gasteiger partial charge in [-0.1, -0.05) is 11.6 Å². The van der Waals surface area contributed by atoms with E-state index in [1.54, 1.807) is 47.5 Å². The molecule has 0 radical (unpaired) electrons. The van der Waals surface area contributed by atoms with Crippen LogP contribution in [0.2, 0.25) is 5.02 Å². The highest BCUT2D eigenvalue weighted by Crippen LogP contribution is 2.33. The molecule has 3 aromatic rings. The van der Waals surface area contributed by atoms with Crippen LogP contribution in [0.25, 0.3) is 0 Å². The van der Waals surface area contributed by atoms with E-state index in [-0.39, 0.29) is 11.9 Å². The third-order valence-corrected chi connectivity index (χ3v) is 5.01. The van der Waals surface area contributed by atoms with Gasteiger partial charge in [-0.25, -0.2) is 9.97 Å². The number of carbonyl (C=O) groups excluding carboxylic acids is 1. The lowest BCUT2D eigenvalue weighted by Gasteiger charge is -2.23. The highest BCUT2D eigenvalue weighted by atomic mass is 35.5. The fourth-order valence-corrected chi connectivity index (χ4v) is 3.63. The van der Waals surface area contributed by atoms with Crippen LogP contribution >= 0.6 is 22.9 Å². The molecule has 1 aliphatic rings. The van der Waals surface area contributed by atoms with Crippen molar-refractivity contribution in [3.05, 3.63) is 64.0 Å². The van der Waals surface area contributed by atoms with Crippen molar-refractivity contribution in [2.75, 3.05) is 6.54 Å². The molecule has 6 nitrogen and oxygen atoms in total. The average molecular weight is 387 g/mol. The van der Waals surface area contributed by atoms with E-state index in [1.807, 2.05) is 4.90 Å². The molecule has 0 spiro atoms. The monoisotopic (exact) mass is 386 g/mol. The minimum atomic E-state index is -0.120. The lowest BCUT2D eigenvalue weighted by molar-refractivity contribution is 0.0727. The number of halogens is 1. The maximum atomic E-state index is 12.7. The summed E-state index contributed by atoms with van der Waals surface area (Å²) in [5, 5.41) is 2.41. The van der Waals surface area contributed by atoms with Crippen molar-refractivity contribution in [1.29, 1.82) is 0 Å².